The van der Waals surface area contributed by atoms with Crippen LogP contribution in [0.1, 0.15) is 38.5 Å². The number of allylic oxidation sites excluding steroid dienone is 1. The first-order valence-electron chi connectivity index (χ1n) is 10.9. The van der Waals surface area contributed by atoms with Crippen molar-refractivity contribution in [2.24, 2.45) is 16.6 Å². The summed E-state index contributed by atoms with van der Waals surface area (Å²) in [5.41, 5.74) is 10.6. The Morgan fingerprint density at radius 2 is 1.85 bits per heavy atom. The van der Waals surface area contributed by atoms with Crippen LogP contribution in [0.2, 0.25) is 0 Å². The number of nitrogens with two attached hydrogens (primary N) is 1. The quantitative estimate of drug-likeness (QED) is 0.496. The topological polar surface area (TPSA) is 102 Å². The van der Waals surface area contributed by atoms with Gasteiger partial charge < -0.3 is 10.8 Å². The highest BCUT2D eigenvalue weighted by Gasteiger charge is 2.26. The summed E-state index contributed by atoms with van der Waals surface area (Å²) in [4.78, 5) is 13.5. The molecule has 0 unspecified atom stereocenters. The van der Waals surface area contributed by atoms with Crippen LogP contribution in [0.3, 0.4) is 0 Å². The molecule has 3 aromatic rings. The molecule has 7 nitrogen and oxygen atoms in total. The predicted molar refractivity (Wildman–Crippen MR) is 131 cm³/mol. The molecule has 33 heavy (non-hydrogen) atoms. The van der Waals surface area contributed by atoms with E-state index in [0.29, 0.717) is 29.4 Å². The molecule has 0 aromatic carbocycles. The molecular formula is C24H26BrFN6O. The van der Waals surface area contributed by atoms with E-state index in [0.717, 1.165) is 34.2 Å². The zero-order valence-electron chi connectivity index (χ0n) is 18.4. The fraction of sp³-hybridized carbons (Fsp3) is 0.333. The van der Waals surface area contributed by atoms with Crippen molar-refractivity contribution in [1.29, 1.82) is 0 Å². The van der Waals surface area contributed by atoms with Crippen LogP contribution in [-0.2, 0) is 0 Å². The maximum absolute atomic E-state index is 13.5. The van der Waals surface area contributed by atoms with Gasteiger partial charge in [0.2, 0.25) is 0 Å². The van der Waals surface area contributed by atoms with Crippen LogP contribution in [0, 0.1) is 11.7 Å². The van der Waals surface area contributed by atoms with Gasteiger partial charge in [-0.15, -0.1) is 0 Å². The summed E-state index contributed by atoms with van der Waals surface area (Å²) in [5.74, 6) is 1.38. The number of aliphatic hydroxyl groups excluding tert-OH is 1. The van der Waals surface area contributed by atoms with E-state index < -0.39 is 0 Å². The minimum absolute atomic E-state index is 0.386. The third-order valence-electron chi connectivity index (χ3n) is 5.99. The van der Waals surface area contributed by atoms with E-state index >= 15 is 0 Å². The molecular weight excluding hydrogens is 487 g/mol. The van der Waals surface area contributed by atoms with Gasteiger partial charge in [-0.2, -0.15) is 9.78 Å². The molecule has 4 heterocycles. The maximum Gasteiger partial charge on any atom is 0.165 e. The Hall–Kier alpha value is -2.91. The van der Waals surface area contributed by atoms with Crippen LogP contribution >= 0.6 is 15.9 Å². The van der Waals surface area contributed by atoms with Crippen molar-refractivity contribution in [3.63, 3.8) is 0 Å². The summed E-state index contributed by atoms with van der Waals surface area (Å²) in [5, 5.41) is 11.5. The van der Waals surface area contributed by atoms with Crippen LogP contribution in [0.4, 0.5) is 10.2 Å². The van der Waals surface area contributed by atoms with Crippen molar-refractivity contribution < 1.29 is 9.50 Å². The highest BCUT2D eigenvalue weighted by Crippen LogP contribution is 2.38. The molecule has 1 aliphatic carbocycles. The number of fused-ring (bicyclic) bond motifs is 1. The number of aliphatic hydroxyl groups is 1. The molecule has 0 radical (unpaired) electrons. The van der Waals surface area contributed by atoms with Crippen LogP contribution in [0.15, 0.2) is 52.5 Å². The minimum Gasteiger partial charge on any atom is -0.400 e. The highest BCUT2D eigenvalue weighted by molar-refractivity contribution is 9.11. The van der Waals surface area contributed by atoms with Gasteiger partial charge in [-0.25, -0.2) is 9.38 Å². The molecule has 9 heteroatoms. The minimum atomic E-state index is -0.386. The summed E-state index contributed by atoms with van der Waals surface area (Å²) in [6.07, 6.45) is 13.1. The molecule has 1 fully saturated rings. The van der Waals surface area contributed by atoms with Gasteiger partial charge in [0.05, 0.1) is 18.1 Å². The summed E-state index contributed by atoms with van der Waals surface area (Å²) in [7, 11) is 1.00. The largest absolute Gasteiger partial charge is 0.400 e. The smallest absolute Gasteiger partial charge is 0.165 e. The second-order valence-corrected chi connectivity index (χ2v) is 8.98. The normalized spacial score (nSPS) is 16.4. The lowest BCUT2D eigenvalue weighted by atomic mass is 9.84. The first kappa shape index (κ1) is 23.3. The number of rotatable bonds is 3. The highest BCUT2D eigenvalue weighted by atomic mass is 79.9. The van der Waals surface area contributed by atoms with Gasteiger partial charge in [0, 0.05) is 52.8 Å². The molecule has 0 saturated heterocycles. The van der Waals surface area contributed by atoms with Gasteiger partial charge >= 0.3 is 0 Å². The molecule has 0 spiro atoms. The van der Waals surface area contributed by atoms with E-state index in [9.17, 15) is 4.39 Å². The Labute approximate surface area is 200 Å². The van der Waals surface area contributed by atoms with E-state index in [1.165, 1.54) is 44.4 Å². The van der Waals surface area contributed by atoms with Crippen molar-refractivity contribution >= 4 is 33.3 Å². The first-order valence-corrected chi connectivity index (χ1v) is 11.7. The Morgan fingerprint density at radius 1 is 1.06 bits per heavy atom. The lowest BCUT2D eigenvalue weighted by Crippen LogP contribution is -2.17. The van der Waals surface area contributed by atoms with Gasteiger partial charge in [-0.1, -0.05) is 41.3 Å². The molecule has 5 rings (SSSR count). The second-order valence-electron chi connectivity index (χ2n) is 8.02. The lowest BCUT2D eigenvalue weighted by molar-refractivity contribution is 0.399. The Kier molecular flexibility index (Phi) is 7.29. The SMILES string of the molecule is CO.NC1=C(Br)CC(C2CCCCC2)=Nc2c(-c3ccc(-c4cncc(F)c4)nc3)cnn21. The Morgan fingerprint density at radius 3 is 2.55 bits per heavy atom. The van der Waals surface area contributed by atoms with Gasteiger partial charge in [0.15, 0.2) is 5.82 Å². The van der Waals surface area contributed by atoms with Crippen molar-refractivity contribution in [1.82, 2.24) is 19.7 Å². The van der Waals surface area contributed by atoms with E-state index in [4.69, 9.17) is 15.8 Å². The summed E-state index contributed by atoms with van der Waals surface area (Å²) in [6.45, 7) is 0. The van der Waals surface area contributed by atoms with Crippen LogP contribution < -0.4 is 5.73 Å². The number of aromatic nitrogens is 4. The summed E-state index contributed by atoms with van der Waals surface area (Å²) < 4.78 is 16.1. The van der Waals surface area contributed by atoms with Crippen molar-refractivity contribution in [3.05, 3.63) is 53.3 Å². The zero-order chi connectivity index (χ0) is 23.4. The summed E-state index contributed by atoms with van der Waals surface area (Å²) in [6, 6.07) is 5.22. The van der Waals surface area contributed by atoms with Crippen LogP contribution in [-0.4, -0.2) is 37.7 Å². The van der Waals surface area contributed by atoms with E-state index in [-0.39, 0.29) is 5.82 Å². The standard InChI is InChI=1S/C23H22BrFN6.CH4O/c24-19-9-21(14-4-2-1-3-5-14)30-23-18(13-29-31(23)22(19)26)15-6-7-20(28-11-15)16-8-17(25)12-27-10-16;1-2/h6-8,10-14H,1-5,9,26H2;2H,1H3. The first-order chi connectivity index (χ1) is 16.1. The van der Waals surface area contributed by atoms with E-state index in [1.54, 1.807) is 23.3 Å². The predicted octanol–water partition coefficient (Wildman–Crippen LogP) is 5.29. The van der Waals surface area contributed by atoms with Crippen molar-refractivity contribution in [2.45, 2.75) is 38.5 Å². The fourth-order valence-corrected chi connectivity index (χ4v) is 4.77. The third-order valence-corrected chi connectivity index (χ3v) is 6.67. The average molecular weight is 513 g/mol. The fourth-order valence-electron chi connectivity index (χ4n) is 4.32. The Balaban J connectivity index is 0.00000126. The molecule has 0 amide bonds. The number of halogens is 2. The molecule has 1 saturated carbocycles. The molecule has 172 valence electrons. The third kappa shape index (κ3) is 4.89. The van der Waals surface area contributed by atoms with Gasteiger partial charge in [0.25, 0.3) is 0 Å². The molecule has 1 aliphatic heterocycles. The Bertz CT molecular complexity index is 1180. The van der Waals surface area contributed by atoms with Gasteiger partial charge in [-0.05, 0) is 30.9 Å². The number of hydrogen-bond donors (Lipinski definition) is 2. The number of hydrogen-bond acceptors (Lipinski definition) is 6. The molecule has 3 N–H and O–H groups in total. The number of aliphatic imine (C=N–C) groups is 1. The second kappa shape index (κ2) is 10.4. The van der Waals surface area contributed by atoms with Crippen LogP contribution in [0.25, 0.3) is 28.2 Å². The summed E-state index contributed by atoms with van der Waals surface area (Å²) >= 11 is 3.65. The van der Waals surface area contributed by atoms with Crippen molar-refractivity contribution in [3.8, 4) is 22.4 Å². The van der Waals surface area contributed by atoms with Gasteiger partial charge in [-0.3, -0.25) is 9.97 Å². The van der Waals surface area contributed by atoms with E-state index in [2.05, 4.69) is 31.0 Å². The molecule has 0 bridgehead atoms. The van der Waals surface area contributed by atoms with Crippen LogP contribution in [0.5, 0.6) is 0 Å². The number of nitrogens with zero attached hydrogens (tertiary/aromatic N) is 5. The average Bonchev–Trinajstić information content (AvgIpc) is 3.23. The van der Waals surface area contributed by atoms with Crippen molar-refractivity contribution in [2.75, 3.05) is 7.11 Å². The monoisotopic (exact) mass is 512 g/mol. The molecule has 0 atom stereocenters. The molecule has 2 aliphatic rings. The molecule has 3 aromatic heterocycles. The number of pyridine rings is 2. The maximum atomic E-state index is 13.5. The zero-order valence-corrected chi connectivity index (χ0v) is 20.0. The van der Waals surface area contributed by atoms with Gasteiger partial charge in [0.1, 0.15) is 11.6 Å². The van der Waals surface area contributed by atoms with E-state index in [1.807, 2.05) is 12.1 Å². The lowest BCUT2D eigenvalue weighted by Gasteiger charge is -2.23.